The molecule has 0 aliphatic rings. The third kappa shape index (κ3) is 3.52. The Hall–Kier alpha value is -1.65. The number of thiazole rings is 1. The largest absolute Gasteiger partial charge is 0.398 e. The zero-order valence-corrected chi connectivity index (χ0v) is 13.6. The molecule has 10 heteroatoms. The van der Waals surface area contributed by atoms with E-state index in [1.807, 2.05) is 0 Å². The van der Waals surface area contributed by atoms with Crippen LogP contribution in [-0.4, -0.2) is 28.1 Å². The van der Waals surface area contributed by atoms with Gasteiger partial charge in [0.2, 0.25) is 0 Å². The summed E-state index contributed by atoms with van der Waals surface area (Å²) in [7, 11) is -7.54. The summed E-state index contributed by atoms with van der Waals surface area (Å²) in [6.45, 7) is 1.79. The first-order valence-electron chi connectivity index (χ1n) is 5.64. The molecule has 0 saturated carbocycles. The van der Waals surface area contributed by atoms with E-state index in [-0.39, 0.29) is 20.6 Å². The molecule has 0 unspecified atom stereocenters. The number of nitrogens with zero attached hydrogens (tertiary/aromatic N) is 1. The summed E-state index contributed by atoms with van der Waals surface area (Å²) in [6.07, 6.45) is 2.52. The number of aryl methyl sites for hydroxylation is 1. The highest BCUT2D eigenvalue weighted by Gasteiger charge is 2.21. The van der Waals surface area contributed by atoms with Crippen molar-refractivity contribution >= 4 is 42.0 Å². The Morgan fingerprint density at radius 2 is 1.90 bits per heavy atom. The zero-order chi connectivity index (χ0) is 15.8. The fraction of sp³-hybridized carbons (Fsp3) is 0.182. The minimum atomic E-state index is -4.00. The van der Waals surface area contributed by atoms with E-state index in [0.717, 1.165) is 28.5 Å². The van der Waals surface area contributed by atoms with Crippen LogP contribution in [0.2, 0.25) is 0 Å². The summed E-state index contributed by atoms with van der Waals surface area (Å²) in [5.74, 6) is 0. The van der Waals surface area contributed by atoms with E-state index in [0.29, 0.717) is 0 Å². The molecule has 0 amide bonds. The third-order valence-electron chi connectivity index (χ3n) is 2.55. The average Bonchev–Trinajstić information content (AvgIpc) is 2.72. The standard InChI is InChI=1S/C11H13N3O4S3/c1-7-6-13-11(19-7)14-21(17,18)10-5-8(20(2,15)16)3-4-9(10)12/h3-6H,12H2,1-2H3,(H,13,14). The molecule has 1 aromatic heterocycles. The number of hydrogen-bond donors (Lipinski definition) is 2. The summed E-state index contributed by atoms with van der Waals surface area (Å²) >= 11 is 1.16. The Balaban J connectivity index is 2.49. The van der Waals surface area contributed by atoms with Gasteiger partial charge in [-0.25, -0.2) is 21.8 Å². The number of sulfonamides is 1. The zero-order valence-electron chi connectivity index (χ0n) is 11.2. The molecule has 3 N–H and O–H groups in total. The van der Waals surface area contributed by atoms with Crippen LogP contribution in [0.4, 0.5) is 10.8 Å². The fourth-order valence-corrected chi connectivity index (χ4v) is 4.34. The van der Waals surface area contributed by atoms with Crippen LogP contribution in [0, 0.1) is 6.92 Å². The van der Waals surface area contributed by atoms with Gasteiger partial charge in [-0.05, 0) is 25.1 Å². The van der Waals surface area contributed by atoms with Gasteiger partial charge in [-0.2, -0.15) is 0 Å². The molecular formula is C11H13N3O4S3. The van der Waals surface area contributed by atoms with Crippen LogP contribution in [0.25, 0.3) is 0 Å². The van der Waals surface area contributed by atoms with Crippen LogP contribution in [0.3, 0.4) is 0 Å². The van der Waals surface area contributed by atoms with Crippen molar-refractivity contribution in [1.82, 2.24) is 4.98 Å². The normalized spacial score (nSPS) is 12.3. The molecular weight excluding hydrogens is 334 g/mol. The monoisotopic (exact) mass is 347 g/mol. The van der Waals surface area contributed by atoms with Crippen molar-refractivity contribution in [3.05, 3.63) is 29.3 Å². The molecule has 0 fully saturated rings. The van der Waals surface area contributed by atoms with Crippen LogP contribution >= 0.6 is 11.3 Å². The van der Waals surface area contributed by atoms with E-state index in [4.69, 9.17) is 5.73 Å². The first-order chi connectivity index (χ1) is 9.59. The molecule has 1 heterocycles. The molecule has 7 nitrogen and oxygen atoms in total. The average molecular weight is 347 g/mol. The number of nitrogen functional groups attached to an aromatic ring is 1. The van der Waals surface area contributed by atoms with Gasteiger partial charge in [-0.15, -0.1) is 11.3 Å². The predicted octanol–water partition coefficient (Wildman–Crippen LogP) is 1.24. The Bertz CT molecular complexity index is 885. The minimum Gasteiger partial charge on any atom is -0.398 e. The lowest BCUT2D eigenvalue weighted by molar-refractivity contribution is 0.600. The number of nitrogens with two attached hydrogens (primary N) is 1. The van der Waals surface area contributed by atoms with Gasteiger partial charge in [0.25, 0.3) is 10.0 Å². The second kappa shape index (κ2) is 5.28. The number of aromatic nitrogens is 1. The van der Waals surface area contributed by atoms with Gasteiger partial charge < -0.3 is 5.73 Å². The van der Waals surface area contributed by atoms with Crippen LogP contribution in [0.5, 0.6) is 0 Å². The predicted molar refractivity (Wildman–Crippen MR) is 81.6 cm³/mol. The van der Waals surface area contributed by atoms with Crippen LogP contribution in [0.1, 0.15) is 4.88 Å². The van der Waals surface area contributed by atoms with Crippen molar-refractivity contribution in [3.8, 4) is 0 Å². The Kier molecular flexibility index (Phi) is 3.95. The summed E-state index contributed by atoms with van der Waals surface area (Å²) < 4.78 is 49.9. The molecule has 0 bridgehead atoms. The van der Waals surface area contributed by atoms with Gasteiger partial charge in [0.1, 0.15) is 4.90 Å². The number of anilines is 2. The molecule has 0 aliphatic carbocycles. The number of hydrogen-bond acceptors (Lipinski definition) is 7. The Morgan fingerprint density at radius 1 is 1.24 bits per heavy atom. The maximum absolute atomic E-state index is 12.3. The van der Waals surface area contributed by atoms with Gasteiger partial charge in [-0.3, -0.25) is 4.72 Å². The topological polar surface area (TPSA) is 119 Å². The van der Waals surface area contributed by atoms with Gasteiger partial charge in [0.15, 0.2) is 15.0 Å². The Labute approximate surface area is 126 Å². The lowest BCUT2D eigenvalue weighted by atomic mass is 10.3. The minimum absolute atomic E-state index is 0.0387. The smallest absolute Gasteiger partial charge is 0.265 e. The van der Waals surface area contributed by atoms with Gasteiger partial charge >= 0.3 is 0 Å². The molecule has 0 aliphatic heterocycles. The molecule has 21 heavy (non-hydrogen) atoms. The quantitative estimate of drug-likeness (QED) is 0.803. The first-order valence-corrected chi connectivity index (χ1v) is 9.83. The highest BCUT2D eigenvalue weighted by molar-refractivity contribution is 7.93. The van der Waals surface area contributed by atoms with Crippen LogP contribution in [0.15, 0.2) is 34.2 Å². The van der Waals surface area contributed by atoms with Crippen molar-refractivity contribution < 1.29 is 16.8 Å². The molecule has 0 radical (unpaired) electrons. The highest BCUT2D eigenvalue weighted by Crippen LogP contribution is 2.26. The van der Waals surface area contributed by atoms with E-state index >= 15 is 0 Å². The number of sulfone groups is 1. The summed E-state index contributed by atoms with van der Waals surface area (Å²) in [5.41, 5.74) is 5.61. The van der Waals surface area contributed by atoms with Gasteiger partial charge in [-0.1, -0.05) is 0 Å². The number of benzene rings is 1. The Morgan fingerprint density at radius 3 is 2.43 bits per heavy atom. The summed E-state index contributed by atoms with van der Waals surface area (Å²) in [6, 6.07) is 3.54. The molecule has 0 atom stereocenters. The second-order valence-electron chi connectivity index (χ2n) is 4.35. The number of rotatable bonds is 4. The van der Waals surface area contributed by atoms with Gasteiger partial charge in [0.05, 0.1) is 10.6 Å². The third-order valence-corrected chi connectivity index (χ3v) is 6.01. The molecule has 1 aromatic carbocycles. The molecule has 2 rings (SSSR count). The SMILES string of the molecule is Cc1cnc(NS(=O)(=O)c2cc(S(C)(=O)=O)ccc2N)s1. The molecule has 0 spiro atoms. The van der Waals surface area contributed by atoms with E-state index in [9.17, 15) is 16.8 Å². The van der Waals surface area contributed by atoms with Gasteiger partial charge in [0, 0.05) is 17.3 Å². The second-order valence-corrected chi connectivity index (χ2v) is 9.25. The lowest BCUT2D eigenvalue weighted by Crippen LogP contribution is -2.15. The fourth-order valence-electron chi connectivity index (χ4n) is 1.55. The maximum Gasteiger partial charge on any atom is 0.265 e. The van der Waals surface area contributed by atoms with Crippen LogP contribution < -0.4 is 10.5 Å². The van der Waals surface area contributed by atoms with E-state index in [1.54, 1.807) is 6.92 Å². The lowest BCUT2D eigenvalue weighted by Gasteiger charge is -2.09. The molecule has 0 saturated heterocycles. The van der Waals surface area contributed by atoms with E-state index in [1.165, 1.54) is 18.3 Å². The van der Waals surface area contributed by atoms with E-state index in [2.05, 4.69) is 9.71 Å². The van der Waals surface area contributed by atoms with E-state index < -0.39 is 19.9 Å². The molecule has 114 valence electrons. The summed E-state index contributed by atoms with van der Waals surface area (Å²) in [4.78, 5) is 4.32. The van der Waals surface area contributed by atoms with Crippen molar-refractivity contribution in [1.29, 1.82) is 0 Å². The first kappa shape index (κ1) is 15.7. The van der Waals surface area contributed by atoms with Crippen molar-refractivity contribution in [2.75, 3.05) is 16.7 Å². The van der Waals surface area contributed by atoms with Crippen molar-refractivity contribution in [2.24, 2.45) is 0 Å². The van der Waals surface area contributed by atoms with Crippen molar-refractivity contribution in [2.45, 2.75) is 16.7 Å². The maximum atomic E-state index is 12.3. The number of nitrogens with one attached hydrogen (secondary N) is 1. The van der Waals surface area contributed by atoms with Crippen LogP contribution in [-0.2, 0) is 19.9 Å². The highest BCUT2D eigenvalue weighted by atomic mass is 32.2. The van der Waals surface area contributed by atoms with Crippen molar-refractivity contribution in [3.63, 3.8) is 0 Å². The molecule has 2 aromatic rings. The summed E-state index contributed by atoms with van der Waals surface area (Å²) in [5, 5.41) is 0.191.